The monoisotopic (exact) mass is 449 g/mol. The van der Waals surface area contributed by atoms with Crippen LogP contribution in [0.1, 0.15) is 10.4 Å². The highest BCUT2D eigenvalue weighted by Crippen LogP contribution is 2.34. The standard InChI is InChI=1S/C23H13Cl2N3OS/c24-14-10-17(25)21-20(11-14)30-23(27-21)28-22(29)16-12-19(13-6-2-1-3-7-13)26-18-9-5-4-8-15(16)18/h1-12H,(H,27,28,29). The van der Waals surface area contributed by atoms with Crippen molar-refractivity contribution in [1.82, 2.24) is 9.97 Å². The number of carbonyl (C=O) groups is 1. The maximum atomic E-state index is 13.2. The molecular formula is C23H13Cl2N3OS. The van der Waals surface area contributed by atoms with Crippen LogP contribution in [0.25, 0.3) is 32.4 Å². The average Bonchev–Trinajstić information content (AvgIpc) is 3.16. The molecule has 0 bridgehead atoms. The second-order valence-electron chi connectivity index (χ2n) is 6.65. The lowest BCUT2D eigenvalue weighted by molar-refractivity contribution is 0.102. The van der Waals surface area contributed by atoms with Crippen molar-refractivity contribution in [3.05, 3.63) is 88.4 Å². The molecule has 0 unspecified atom stereocenters. The smallest absolute Gasteiger partial charge is 0.258 e. The summed E-state index contributed by atoms with van der Waals surface area (Å²) in [5.74, 6) is -0.257. The van der Waals surface area contributed by atoms with Crippen LogP contribution in [-0.4, -0.2) is 15.9 Å². The lowest BCUT2D eigenvalue weighted by Gasteiger charge is -2.09. The molecule has 1 amide bonds. The van der Waals surface area contributed by atoms with Gasteiger partial charge in [0, 0.05) is 16.0 Å². The molecule has 0 atom stereocenters. The fourth-order valence-electron chi connectivity index (χ4n) is 3.30. The average molecular weight is 450 g/mol. The molecule has 7 heteroatoms. The van der Waals surface area contributed by atoms with Gasteiger partial charge in [0.15, 0.2) is 5.13 Å². The van der Waals surface area contributed by atoms with E-state index >= 15 is 0 Å². The summed E-state index contributed by atoms with van der Waals surface area (Å²) in [6, 6.07) is 22.6. The Balaban J connectivity index is 1.58. The zero-order valence-electron chi connectivity index (χ0n) is 15.4. The number of nitrogens with one attached hydrogen (secondary N) is 1. The Labute approximate surface area is 186 Å². The number of para-hydroxylation sites is 1. The molecule has 4 nitrogen and oxygen atoms in total. The van der Waals surface area contributed by atoms with Gasteiger partial charge in [-0.1, -0.05) is 83.1 Å². The number of thiazole rings is 1. The van der Waals surface area contributed by atoms with Crippen LogP contribution in [0.15, 0.2) is 72.8 Å². The minimum absolute atomic E-state index is 0.257. The number of fused-ring (bicyclic) bond motifs is 2. The first-order chi connectivity index (χ1) is 14.6. The summed E-state index contributed by atoms with van der Waals surface area (Å²) in [6.45, 7) is 0. The Morgan fingerprint density at radius 2 is 1.67 bits per heavy atom. The van der Waals surface area contributed by atoms with E-state index in [9.17, 15) is 4.79 Å². The highest BCUT2D eigenvalue weighted by atomic mass is 35.5. The maximum absolute atomic E-state index is 13.2. The van der Waals surface area contributed by atoms with E-state index in [-0.39, 0.29) is 5.91 Å². The van der Waals surface area contributed by atoms with E-state index in [2.05, 4.69) is 10.3 Å². The first kappa shape index (κ1) is 19.0. The number of hydrogen-bond donors (Lipinski definition) is 1. The summed E-state index contributed by atoms with van der Waals surface area (Å²) in [7, 11) is 0. The van der Waals surface area contributed by atoms with Crippen LogP contribution < -0.4 is 5.32 Å². The van der Waals surface area contributed by atoms with Crippen LogP contribution in [0.3, 0.4) is 0 Å². The van der Waals surface area contributed by atoms with Crippen molar-refractivity contribution >= 4 is 66.7 Å². The van der Waals surface area contributed by atoms with E-state index in [1.54, 1.807) is 12.1 Å². The zero-order valence-corrected chi connectivity index (χ0v) is 17.7. The molecule has 0 aliphatic rings. The minimum atomic E-state index is -0.257. The summed E-state index contributed by atoms with van der Waals surface area (Å²) in [4.78, 5) is 22.4. The first-order valence-electron chi connectivity index (χ1n) is 9.10. The Morgan fingerprint density at radius 3 is 2.50 bits per heavy atom. The van der Waals surface area contributed by atoms with Gasteiger partial charge in [0.05, 0.1) is 26.5 Å². The third kappa shape index (κ3) is 3.52. The fourth-order valence-corrected chi connectivity index (χ4v) is 4.88. The lowest BCUT2D eigenvalue weighted by Crippen LogP contribution is -2.13. The Morgan fingerprint density at radius 1 is 0.900 bits per heavy atom. The highest BCUT2D eigenvalue weighted by Gasteiger charge is 2.16. The molecule has 30 heavy (non-hydrogen) atoms. The van der Waals surface area contributed by atoms with Crippen molar-refractivity contribution < 1.29 is 4.79 Å². The number of rotatable bonds is 3. The molecular weight excluding hydrogens is 437 g/mol. The van der Waals surface area contributed by atoms with Crippen molar-refractivity contribution in [1.29, 1.82) is 0 Å². The van der Waals surface area contributed by atoms with Gasteiger partial charge in [-0.25, -0.2) is 9.97 Å². The third-order valence-corrected chi connectivity index (χ3v) is 6.09. The van der Waals surface area contributed by atoms with Gasteiger partial charge in [0.2, 0.25) is 0 Å². The van der Waals surface area contributed by atoms with Gasteiger partial charge in [-0.05, 0) is 24.3 Å². The van der Waals surface area contributed by atoms with E-state index in [1.165, 1.54) is 11.3 Å². The largest absolute Gasteiger partial charge is 0.298 e. The van der Waals surface area contributed by atoms with Gasteiger partial charge in [0.1, 0.15) is 5.52 Å². The predicted molar refractivity (Wildman–Crippen MR) is 125 cm³/mol. The molecule has 0 saturated heterocycles. The number of amides is 1. The lowest BCUT2D eigenvalue weighted by atomic mass is 10.0. The molecule has 0 spiro atoms. The summed E-state index contributed by atoms with van der Waals surface area (Å²) < 4.78 is 0.812. The van der Waals surface area contributed by atoms with Crippen LogP contribution >= 0.6 is 34.5 Å². The second kappa shape index (κ2) is 7.69. The van der Waals surface area contributed by atoms with Gasteiger partial charge in [-0.3, -0.25) is 10.1 Å². The molecule has 5 aromatic rings. The number of aromatic nitrogens is 2. The topological polar surface area (TPSA) is 54.9 Å². The Hall–Kier alpha value is -2.99. The van der Waals surface area contributed by atoms with Crippen LogP contribution in [0.2, 0.25) is 10.0 Å². The number of pyridine rings is 1. The summed E-state index contributed by atoms with van der Waals surface area (Å²) >= 11 is 13.6. The highest BCUT2D eigenvalue weighted by molar-refractivity contribution is 7.22. The van der Waals surface area contributed by atoms with Gasteiger partial charge in [-0.2, -0.15) is 0 Å². The summed E-state index contributed by atoms with van der Waals surface area (Å²) in [5, 5.41) is 5.12. The molecule has 0 radical (unpaired) electrons. The normalized spacial score (nSPS) is 11.1. The molecule has 0 fully saturated rings. The minimum Gasteiger partial charge on any atom is -0.298 e. The Kier molecular flexibility index (Phi) is 4.87. The molecule has 1 N–H and O–H groups in total. The van der Waals surface area contributed by atoms with Gasteiger partial charge in [-0.15, -0.1) is 0 Å². The maximum Gasteiger partial charge on any atom is 0.258 e. The molecule has 0 aliphatic carbocycles. The molecule has 2 heterocycles. The van der Waals surface area contributed by atoms with E-state index < -0.39 is 0 Å². The number of halogens is 2. The molecule has 3 aromatic carbocycles. The first-order valence-corrected chi connectivity index (χ1v) is 10.7. The predicted octanol–water partition coefficient (Wildman–Crippen LogP) is 7.07. The summed E-state index contributed by atoms with van der Waals surface area (Å²) in [6.07, 6.45) is 0. The summed E-state index contributed by atoms with van der Waals surface area (Å²) in [5.41, 5.74) is 3.58. The van der Waals surface area contributed by atoms with Gasteiger partial charge in [0.25, 0.3) is 5.91 Å². The van der Waals surface area contributed by atoms with Crippen molar-refractivity contribution in [2.75, 3.05) is 5.32 Å². The van der Waals surface area contributed by atoms with Gasteiger partial charge < -0.3 is 0 Å². The van der Waals surface area contributed by atoms with Crippen LogP contribution in [-0.2, 0) is 0 Å². The SMILES string of the molecule is O=C(Nc1nc2c(Cl)cc(Cl)cc2s1)c1cc(-c2ccccc2)nc2ccccc12. The second-order valence-corrected chi connectivity index (χ2v) is 8.52. The van der Waals surface area contributed by atoms with Crippen molar-refractivity contribution in [2.24, 2.45) is 0 Å². The number of anilines is 1. The molecule has 146 valence electrons. The van der Waals surface area contributed by atoms with E-state index in [1.807, 2.05) is 60.7 Å². The Bertz CT molecular complexity index is 1420. The van der Waals surface area contributed by atoms with Crippen molar-refractivity contribution in [2.45, 2.75) is 0 Å². The fraction of sp³-hybridized carbons (Fsp3) is 0. The van der Waals surface area contributed by atoms with Crippen LogP contribution in [0, 0.1) is 0 Å². The molecule has 5 rings (SSSR count). The van der Waals surface area contributed by atoms with Crippen molar-refractivity contribution in [3.8, 4) is 11.3 Å². The molecule has 0 saturated carbocycles. The van der Waals surface area contributed by atoms with E-state index in [0.717, 1.165) is 26.9 Å². The zero-order chi connectivity index (χ0) is 20.7. The molecule has 0 aliphatic heterocycles. The molecule has 2 aromatic heterocycles. The van der Waals surface area contributed by atoms with E-state index in [0.29, 0.717) is 26.3 Å². The number of carbonyl (C=O) groups excluding carboxylic acids is 1. The van der Waals surface area contributed by atoms with Crippen molar-refractivity contribution in [3.63, 3.8) is 0 Å². The number of benzene rings is 3. The number of nitrogens with zero attached hydrogens (tertiary/aromatic N) is 2. The third-order valence-electron chi connectivity index (χ3n) is 4.66. The van der Waals surface area contributed by atoms with Gasteiger partial charge >= 0.3 is 0 Å². The van der Waals surface area contributed by atoms with Crippen LogP contribution in [0.5, 0.6) is 0 Å². The quantitative estimate of drug-likeness (QED) is 0.320. The number of hydrogen-bond acceptors (Lipinski definition) is 4. The van der Waals surface area contributed by atoms with Crippen LogP contribution in [0.4, 0.5) is 5.13 Å². The van der Waals surface area contributed by atoms with E-state index in [4.69, 9.17) is 28.2 Å².